The predicted molar refractivity (Wildman–Crippen MR) is 76.2 cm³/mol. The molecule has 4 nitrogen and oxygen atoms in total. The zero-order chi connectivity index (χ0) is 14.2. The second-order valence-electron chi connectivity index (χ2n) is 4.63. The average molecular weight is 270 g/mol. The van der Waals surface area contributed by atoms with E-state index in [-0.39, 0.29) is 12.4 Å². The summed E-state index contributed by atoms with van der Waals surface area (Å²) in [5.41, 5.74) is 2.92. The standard InChI is InChI=1S/C16H18N2O2/c1-13-5-2-7-15(18-13)8-4-10-20-16(19)11-14-6-3-9-17-12-14/h2-3,5-7,9,12H,4,8,10-11H2,1H3. The van der Waals surface area contributed by atoms with E-state index >= 15 is 0 Å². The van der Waals surface area contributed by atoms with E-state index in [1.54, 1.807) is 12.4 Å². The predicted octanol–water partition coefficient (Wildman–Crippen LogP) is 2.50. The van der Waals surface area contributed by atoms with E-state index in [4.69, 9.17) is 4.74 Å². The fraction of sp³-hybridized carbons (Fsp3) is 0.312. The molecule has 0 amide bonds. The molecule has 0 aliphatic rings. The molecular weight excluding hydrogens is 252 g/mol. The van der Waals surface area contributed by atoms with Gasteiger partial charge in [-0.15, -0.1) is 0 Å². The minimum Gasteiger partial charge on any atom is -0.465 e. The van der Waals surface area contributed by atoms with Crippen LogP contribution in [0.1, 0.15) is 23.4 Å². The van der Waals surface area contributed by atoms with Crippen LogP contribution < -0.4 is 0 Å². The summed E-state index contributed by atoms with van der Waals surface area (Å²) in [7, 11) is 0. The van der Waals surface area contributed by atoms with Crippen molar-refractivity contribution < 1.29 is 9.53 Å². The van der Waals surface area contributed by atoms with Crippen LogP contribution in [-0.2, 0) is 22.4 Å². The molecule has 2 aromatic rings. The van der Waals surface area contributed by atoms with Crippen LogP contribution in [0.2, 0.25) is 0 Å². The lowest BCUT2D eigenvalue weighted by atomic mass is 10.2. The molecular formula is C16H18N2O2. The molecule has 0 bridgehead atoms. The van der Waals surface area contributed by atoms with E-state index in [2.05, 4.69) is 9.97 Å². The minimum atomic E-state index is -0.213. The summed E-state index contributed by atoms with van der Waals surface area (Å²) in [5.74, 6) is -0.213. The highest BCUT2D eigenvalue weighted by molar-refractivity contribution is 5.72. The average Bonchev–Trinajstić information content (AvgIpc) is 2.45. The summed E-state index contributed by atoms with van der Waals surface area (Å²) in [6.07, 6.45) is 5.25. The van der Waals surface area contributed by atoms with Crippen LogP contribution in [0.15, 0.2) is 42.7 Å². The van der Waals surface area contributed by atoms with Gasteiger partial charge in [-0.05, 0) is 43.5 Å². The number of pyridine rings is 2. The molecule has 0 N–H and O–H groups in total. The monoisotopic (exact) mass is 270 g/mol. The van der Waals surface area contributed by atoms with Crippen molar-refractivity contribution in [1.29, 1.82) is 0 Å². The van der Waals surface area contributed by atoms with E-state index in [9.17, 15) is 4.79 Å². The summed E-state index contributed by atoms with van der Waals surface area (Å²) in [4.78, 5) is 20.0. The molecule has 2 heterocycles. The highest BCUT2D eigenvalue weighted by atomic mass is 16.5. The van der Waals surface area contributed by atoms with Gasteiger partial charge in [-0.1, -0.05) is 12.1 Å². The van der Waals surface area contributed by atoms with Gasteiger partial charge in [0.25, 0.3) is 0 Å². The lowest BCUT2D eigenvalue weighted by Crippen LogP contribution is -2.10. The van der Waals surface area contributed by atoms with Gasteiger partial charge >= 0.3 is 5.97 Å². The molecule has 20 heavy (non-hydrogen) atoms. The van der Waals surface area contributed by atoms with E-state index in [1.807, 2.05) is 37.3 Å². The van der Waals surface area contributed by atoms with Gasteiger partial charge in [0, 0.05) is 23.8 Å². The lowest BCUT2D eigenvalue weighted by molar-refractivity contribution is -0.142. The smallest absolute Gasteiger partial charge is 0.310 e. The number of carbonyl (C=O) groups is 1. The van der Waals surface area contributed by atoms with Crippen molar-refractivity contribution in [1.82, 2.24) is 9.97 Å². The molecule has 104 valence electrons. The molecule has 0 radical (unpaired) electrons. The van der Waals surface area contributed by atoms with Crippen LogP contribution in [0.5, 0.6) is 0 Å². The summed E-state index contributed by atoms with van der Waals surface area (Å²) < 4.78 is 5.20. The van der Waals surface area contributed by atoms with Crippen LogP contribution in [0.4, 0.5) is 0 Å². The van der Waals surface area contributed by atoms with Crippen LogP contribution >= 0.6 is 0 Å². The van der Waals surface area contributed by atoms with Crippen LogP contribution in [0, 0.1) is 6.92 Å². The zero-order valence-corrected chi connectivity index (χ0v) is 11.6. The van der Waals surface area contributed by atoms with E-state index in [0.717, 1.165) is 29.8 Å². The van der Waals surface area contributed by atoms with Gasteiger partial charge in [-0.2, -0.15) is 0 Å². The van der Waals surface area contributed by atoms with Gasteiger partial charge in [0.05, 0.1) is 13.0 Å². The van der Waals surface area contributed by atoms with Crippen LogP contribution in [0.3, 0.4) is 0 Å². The Morgan fingerprint density at radius 3 is 2.90 bits per heavy atom. The Kier molecular flexibility index (Phi) is 5.24. The van der Waals surface area contributed by atoms with E-state index in [1.165, 1.54) is 0 Å². The fourth-order valence-electron chi connectivity index (χ4n) is 1.90. The number of hydrogen-bond acceptors (Lipinski definition) is 4. The molecule has 2 aromatic heterocycles. The molecule has 0 unspecified atom stereocenters. The molecule has 0 aliphatic carbocycles. The topological polar surface area (TPSA) is 52.1 Å². The summed E-state index contributed by atoms with van der Waals surface area (Å²) in [6, 6.07) is 9.63. The van der Waals surface area contributed by atoms with Gasteiger partial charge in [0.2, 0.25) is 0 Å². The Morgan fingerprint density at radius 2 is 2.15 bits per heavy atom. The van der Waals surface area contributed by atoms with Crippen molar-refractivity contribution in [2.24, 2.45) is 0 Å². The summed E-state index contributed by atoms with van der Waals surface area (Å²) >= 11 is 0. The van der Waals surface area contributed by atoms with Gasteiger partial charge in [-0.3, -0.25) is 14.8 Å². The Bertz CT molecular complexity index is 555. The first kappa shape index (κ1) is 14.2. The summed E-state index contributed by atoms with van der Waals surface area (Å²) in [5, 5.41) is 0. The van der Waals surface area contributed by atoms with Crippen molar-refractivity contribution in [3.8, 4) is 0 Å². The molecule has 0 aliphatic heterocycles. The first-order valence-corrected chi connectivity index (χ1v) is 6.71. The highest BCUT2D eigenvalue weighted by Gasteiger charge is 2.04. The third-order valence-corrected chi connectivity index (χ3v) is 2.86. The number of aryl methyl sites for hydroxylation is 2. The third kappa shape index (κ3) is 4.80. The third-order valence-electron chi connectivity index (χ3n) is 2.86. The second kappa shape index (κ2) is 7.38. The maximum Gasteiger partial charge on any atom is 0.310 e. The van der Waals surface area contributed by atoms with E-state index < -0.39 is 0 Å². The number of aromatic nitrogens is 2. The van der Waals surface area contributed by atoms with Crippen molar-refractivity contribution in [2.45, 2.75) is 26.2 Å². The zero-order valence-electron chi connectivity index (χ0n) is 11.6. The SMILES string of the molecule is Cc1cccc(CCCOC(=O)Cc2cccnc2)n1. The number of rotatable bonds is 6. The van der Waals surface area contributed by atoms with Gasteiger partial charge in [0.1, 0.15) is 0 Å². The van der Waals surface area contributed by atoms with E-state index in [0.29, 0.717) is 6.61 Å². The minimum absolute atomic E-state index is 0.213. The highest BCUT2D eigenvalue weighted by Crippen LogP contribution is 2.03. The lowest BCUT2D eigenvalue weighted by Gasteiger charge is -2.05. The van der Waals surface area contributed by atoms with Crippen molar-refractivity contribution in [2.75, 3.05) is 6.61 Å². The summed E-state index contributed by atoms with van der Waals surface area (Å²) in [6.45, 7) is 2.39. The molecule has 0 atom stereocenters. The Morgan fingerprint density at radius 1 is 1.25 bits per heavy atom. The maximum atomic E-state index is 11.6. The Labute approximate surface area is 118 Å². The normalized spacial score (nSPS) is 10.2. The molecule has 0 aromatic carbocycles. The number of esters is 1. The maximum absolute atomic E-state index is 11.6. The van der Waals surface area contributed by atoms with Crippen molar-refractivity contribution >= 4 is 5.97 Å². The van der Waals surface area contributed by atoms with Gasteiger partial charge in [-0.25, -0.2) is 0 Å². The number of carbonyl (C=O) groups excluding carboxylic acids is 1. The molecule has 0 fully saturated rings. The first-order valence-electron chi connectivity index (χ1n) is 6.71. The number of hydrogen-bond donors (Lipinski definition) is 0. The number of ether oxygens (including phenoxy) is 1. The van der Waals surface area contributed by atoms with Crippen molar-refractivity contribution in [3.05, 3.63) is 59.7 Å². The molecule has 0 spiro atoms. The van der Waals surface area contributed by atoms with Gasteiger partial charge < -0.3 is 4.74 Å². The Hall–Kier alpha value is -2.23. The first-order chi connectivity index (χ1) is 9.74. The molecule has 4 heteroatoms. The van der Waals surface area contributed by atoms with Crippen LogP contribution in [0.25, 0.3) is 0 Å². The Balaban J connectivity index is 1.67. The van der Waals surface area contributed by atoms with Gasteiger partial charge in [0.15, 0.2) is 0 Å². The molecule has 0 saturated heterocycles. The van der Waals surface area contributed by atoms with Crippen molar-refractivity contribution in [3.63, 3.8) is 0 Å². The quantitative estimate of drug-likeness (QED) is 0.598. The fourth-order valence-corrected chi connectivity index (χ4v) is 1.90. The largest absolute Gasteiger partial charge is 0.465 e. The molecule has 2 rings (SSSR count). The number of nitrogens with zero attached hydrogens (tertiary/aromatic N) is 2. The second-order valence-corrected chi connectivity index (χ2v) is 4.63. The van der Waals surface area contributed by atoms with Crippen LogP contribution in [-0.4, -0.2) is 22.5 Å². The molecule has 0 saturated carbocycles.